The first-order valence-electron chi connectivity index (χ1n) is 10.0. The van der Waals surface area contributed by atoms with Gasteiger partial charge in [0.1, 0.15) is 18.3 Å². The highest BCUT2D eigenvalue weighted by Gasteiger charge is 2.36. The van der Waals surface area contributed by atoms with E-state index in [0.29, 0.717) is 13.2 Å². The molecule has 6 heteroatoms. The highest BCUT2D eigenvalue weighted by molar-refractivity contribution is 8.17. The third-order valence-corrected chi connectivity index (χ3v) is 7.07. The Morgan fingerprint density at radius 1 is 0.759 bits per heavy atom. The molecule has 0 saturated heterocycles. The minimum Gasteiger partial charge on any atom is -0.394 e. The van der Waals surface area contributed by atoms with Crippen LogP contribution in [0.3, 0.4) is 0 Å². The summed E-state index contributed by atoms with van der Waals surface area (Å²) in [6.45, 7) is 4.65. The van der Waals surface area contributed by atoms with Crippen LogP contribution >= 0.6 is 23.5 Å². The molecule has 0 aliphatic rings. The van der Waals surface area contributed by atoms with E-state index in [1.807, 2.05) is 60.7 Å². The van der Waals surface area contributed by atoms with E-state index in [1.165, 1.54) is 0 Å². The Bertz CT molecular complexity index is 650. The third kappa shape index (κ3) is 8.32. The Morgan fingerprint density at radius 2 is 1.21 bits per heavy atom. The minimum atomic E-state index is -1.02. The molecule has 2 aromatic carbocycles. The second kappa shape index (κ2) is 14.1. The number of thioether (sulfide) groups is 2. The number of hydrogen-bond acceptors (Lipinski definition) is 6. The van der Waals surface area contributed by atoms with Crippen molar-refractivity contribution in [2.24, 2.45) is 0 Å². The zero-order valence-corrected chi connectivity index (χ0v) is 18.8. The zero-order valence-electron chi connectivity index (χ0n) is 17.1. The number of hydrogen-bond donors (Lipinski definition) is 2. The van der Waals surface area contributed by atoms with Crippen molar-refractivity contribution in [1.29, 1.82) is 0 Å². The van der Waals surface area contributed by atoms with Crippen molar-refractivity contribution in [2.75, 3.05) is 18.1 Å². The summed E-state index contributed by atoms with van der Waals surface area (Å²) in [5.74, 6) is 1.87. The highest BCUT2D eigenvalue weighted by Crippen LogP contribution is 2.33. The van der Waals surface area contributed by atoms with Crippen LogP contribution < -0.4 is 0 Å². The van der Waals surface area contributed by atoms with Crippen LogP contribution in [0.2, 0.25) is 0 Å². The lowest BCUT2D eigenvalue weighted by atomic mass is 10.1. The fourth-order valence-corrected chi connectivity index (χ4v) is 5.66. The van der Waals surface area contributed by atoms with E-state index in [2.05, 4.69) is 13.8 Å². The van der Waals surface area contributed by atoms with Gasteiger partial charge in [-0.3, -0.25) is 0 Å². The normalized spacial score (nSPS) is 14.7. The minimum absolute atomic E-state index is 0.0932. The molecule has 2 aromatic rings. The molecule has 0 amide bonds. The van der Waals surface area contributed by atoms with Crippen LogP contribution in [-0.2, 0) is 22.7 Å². The number of aliphatic hydroxyl groups is 2. The number of aliphatic hydroxyl groups excluding tert-OH is 2. The lowest BCUT2D eigenvalue weighted by Crippen LogP contribution is -2.47. The van der Waals surface area contributed by atoms with E-state index in [1.54, 1.807) is 23.5 Å². The second-order valence-electron chi connectivity index (χ2n) is 6.55. The van der Waals surface area contributed by atoms with E-state index in [9.17, 15) is 10.2 Å². The van der Waals surface area contributed by atoms with Gasteiger partial charge in [-0.25, -0.2) is 0 Å². The second-order valence-corrected chi connectivity index (χ2v) is 9.69. The molecule has 0 radical (unpaired) electrons. The van der Waals surface area contributed by atoms with Crippen molar-refractivity contribution in [3.8, 4) is 0 Å². The lowest BCUT2D eigenvalue weighted by molar-refractivity contribution is -0.135. The van der Waals surface area contributed by atoms with Gasteiger partial charge in [-0.15, -0.1) is 23.5 Å². The SMILES string of the molecule is CCSC(SCC)[C@@H](OCc1ccccc1)[C@H](OCc1ccccc1)[C@H](O)CO. The maximum Gasteiger partial charge on any atom is 0.114 e. The summed E-state index contributed by atoms with van der Waals surface area (Å²) in [6, 6.07) is 19.8. The van der Waals surface area contributed by atoms with Gasteiger partial charge in [0, 0.05) is 0 Å². The Morgan fingerprint density at radius 3 is 1.62 bits per heavy atom. The van der Waals surface area contributed by atoms with Gasteiger partial charge in [0.2, 0.25) is 0 Å². The van der Waals surface area contributed by atoms with Gasteiger partial charge in [-0.05, 0) is 22.6 Å². The Kier molecular flexibility index (Phi) is 11.8. The summed E-state index contributed by atoms with van der Waals surface area (Å²) in [7, 11) is 0. The first kappa shape index (κ1) is 24.3. The van der Waals surface area contributed by atoms with Crippen molar-refractivity contribution in [2.45, 2.75) is 50.0 Å². The average Bonchev–Trinajstić information content (AvgIpc) is 2.77. The summed E-state index contributed by atoms with van der Waals surface area (Å²) < 4.78 is 12.6. The van der Waals surface area contributed by atoms with E-state index in [0.717, 1.165) is 22.6 Å². The molecule has 0 bridgehead atoms. The number of rotatable bonds is 14. The molecule has 2 N–H and O–H groups in total. The first-order chi connectivity index (χ1) is 14.2. The van der Waals surface area contributed by atoms with Crippen LogP contribution in [0.1, 0.15) is 25.0 Å². The molecule has 0 aliphatic carbocycles. The van der Waals surface area contributed by atoms with Crippen molar-refractivity contribution in [1.82, 2.24) is 0 Å². The first-order valence-corrected chi connectivity index (χ1v) is 12.1. The van der Waals surface area contributed by atoms with Crippen LogP contribution in [-0.4, -0.2) is 51.2 Å². The van der Waals surface area contributed by atoms with Crippen molar-refractivity contribution in [3.63, 3.8) is 0 Å². The molecule has 160 valence electrons. The molecule has 0 fully saturated rings. The summed E-state index contributed by atoms with van der Waals surface area (Å²) in [6.07, 6.45) is -2.01. The molecular weight excluding hydrogens is 404 g/mol. The van der Waals surface area contributed by atoms with Crippen LogP contribution in [0.4, 0.5) is 0 Å². The molecule has 0 heterocycles. The van der Waals surface area contributed by atoms with Gasteiger partial charge in [0.25, 0.3) is 0 Å². The molecule has 0 spiro atoms. The molecule has 4 nitrogen and oxygen atoms in total. The van der Waals surface area contributed by atoms with Gasteiger partial charge in [0.05, 0.1) is 24.4 Å². The topological polar surface area (TPSA) is 58.9 Å². The standard InChI is InChI=1S/C23H32O4S2/c1-3-28-23(29-4-2)22(27-17-19-13-9-6-10-14-19)21(20(25)15-24)26-16-18-11-7-5-8-12-18/h5-14,20-25H,3-4,15-17H2,1-2H3/t20-,21-,22+/m1/s1. The Labute approximate surface area is 183 Å². The molecule has 0 aromatic heterocycles. The third-order valence-electron chi connectivity index (χ3n) is 4.39. The smallest absolute Gasteiger partial charge is 0.114 e. The van der Waals surface area contributed by atoms with Crippen molar-refractivity contribution in [3.05, 3.63) is 71.8 Å². The monoisotopic (exact) mass is 436 g/mol. The van der Waals surface area contributed by atoms with Crippen LogP contribution in [0.5, 0.6) is 0 Å². The fourth-order valence-electron chi connectivity index (χ4n) is 2.96. The van der Waals surface area contributed by atoms with Crippen LogP contribution in [0.15, 0.2) is 60.7 Å². The zero-order chi connectivity index (χ0) is 20.9. The predicted octanol–water partition coefficient (Wildman–Crippen LogP) is 4.34. The van der Waals surface area contributed by atoms with Crippen LogP contribution in [0, 0.1) is 0 Å². The predicted molar refractivity (Wildman–Crippen MR) is 123 cm³/mol. The molecule has 0 aliphatic heterocycles. The van der Waals surface area contributed by atoms with Crippen molar-refractivity contribution >= 4 is 23.5 Å². The lowest BCUT2D eigenvalue weighted by Gasteiger charge is -2.35. The van der Waals surface area contributed by atoms with Gasteiger partial charge >= 0.3 is 0 Å². The Balaban J connectivity index is 2.20. The molecule has 29 heavy (non-hydrogen) atoms. The summed E-state index contributed by atoms with van der Waals surface area (Å²) >= 11 is 3.57. The van der Waals surface area contributed by atoms with Gasteiger partial charge < -0.3 is 19.7 Å². The highest BCUT2D eigenvalue weighted by atomic mass is 32.2. The fraction of sp³-hybridized carbons (Fsp3) is 0.478. The Hall–Kier alpha value is -1.02. The molecule has 0 unspecified atom stereocenters. The largest absolute Gasteiger partial charge is 0.394 e. The van der Waals surface area contributed by atoms with E-state index >= 15 is 0 Å². The van der Waals surface area contributed by atoms with E-state index < -0.39 is 12.2 Å². The van der Waals surface area contributed by atoms with E-state index in [-0.39, 0.29) is 17.3 Å². The van der Waals surface area contributed by atoms with Gasteiger partial charge in [-0.2, -0.15) is 0 Å². The van der Waals surface area contributed by atoms with Crippen molar-refractivity contribution < 1.29 is 19.7 Å². The summed E-state index contributed by atoms with van der Waals surface area (Å²) in [5, 5.41) is 20.3. The maximum absolute atomic E-state index is 10.6. The van der Waals surface area contributed by atoms with E-state index in [4.69, 9.17) is 9.47 Å². The summed E-state index contributed by atoms with van der Waals surface area (Å²) in [5.41, 5.74) is 2.09. The molecule has 3 atom stereocenters. The molecule has 0 saturated carbocycles. The quantitative estimate of drug-likeness (QED) is 0.430. The summed E-state index contributed by atoms with van der Waals surface area (Å²) in [4.78, 5) is 0. The average molecular weight is 437 g/mol. The number of ether oxygens (including phenoxy) is 2. The van der Waals surface area contributed by atoms with Crippen LogP contribution in [0.25, 0.3) is 0 Å². The maximum atomic E-state index is 10.6. The van der Waals surface area contributed by atoms with Gasteiger partial charge in [0.15, 0.2) is 0 Å². The molecular formula is C23H32O4S2. The van der Waals surface area contributed by atoms with Gasteiger partial charge in [-0.1, -0.05) is 74.5 Å². The molecule has 2 rings (SSSR count). The number of benzene rings is 2.